The third-order valence-electron chi connectivity index (χ3n) is 6.44. The van der Waals surface area contributed by atoms with Gasteiger partial charge in [0, 0.05) is 11.1 Å². The van der Waals surface area contributed by atoms with Crippen LogP contribution < -0.4 is 10.5 Å². The molecule has 2 bridgehead atoms. The average molecular weight is 457 g/mol. The van der Waals surface area contributed by atoms with Crippen LogP contribution in [0.2, 0.25) is 0 Å². The van der Waals surface area contributed by atoms with Gasteiger partial charge in [0.15, 0.2) is 17.6 Å². The molecule has 0 radical (unpaired) electrons. The lowest BCUT2D eigenvalue weighted by atomic mass is 9.92. The molecular weight excluding hydrogens is 430 g/mol. The first-order chi connectivity index (χ1) is 16.1. The number of nitrogens with zero attached hydrogens (tertiary/aromatic N) is 6. The minimum Gasteiger partial charge on any atom is -0.467 e. The molecule has 2 aromatic rings. The van der Waals surface area contributed by atoms with Gasteiger partial charge in [0.25, 0.3) is 18.2 Å². The average Bonchev–Trinajstić information content (AvgIpc) is 3.22. The monoisotopic (exact) mass is 456 g/mol. The Morgan fingerprint density at radius 3 is 2.82 bits per heavy atom. The first kappa shape index (κ1) is 21.8. The molecule has 2 atom stereocenters. The molecular formula is C25H26N7O2+. The van der Waals surface area contributed by atoms with E-state index in [1.54, 1.807) is 9.60 Å². The van der Waals surface area contributed by atoms with Crippen molar-refractivity contribution in [2.24, 2.45) is 10.5 Å². The summed E-state index contributed by atoms with van der Waals surface area (Å²) in [6.45, 7) is 9.71. The van der Waals surface area contributed by atoms with E-state index in [-0.39, 0.29) is 30.3 Å². The number of amides is 1. The number of nitrogens with two attached hydrogens (primary N) is 1. The number of carbonyl (C=O) groups excluding carboxylic acids is 1. The molecule has 2 N–H and O–H groups in total. The van der Waals surface area contributed by atoms with Gasteiger partial charge in [-0.1, -0.05) is 28.5 Å². The number of anilines is 1. The second-order valence-corrected chi connectivity index (χ2v) is 9.49. The molecule has 4 heterocycles. The van der Waals surface area contributed by atoms with Gasteiger partial charge in [0.2, 0.25) is 5.91 Å². The number of benzene rings is 1. The highest BCUT2D eigenvalue weighted by molar-refractivity contribution is 5.98. The molecule has 0 fully saturated rings. The molecule has 34 heavy (non-hydrogen) atoms. The van der Waals surface area contributed by atoms with Crippen molar-refractivity contribution in [3.63, 3.8) is 0 Å². The summed E-state index contributed by atoms with van der Waals surface area (Å²) >= 11 is 0. The molecule has 0 aliphatic carbocycles. The summed E-state index contributed by atoms with van der Waals surface area (Å²) in [5.74, 6) is 0.306. The topological polar surface area (TPSA) is 120 Å². The summed E-state index contributed by atoms with van der Waals surface area (Å²) < 4.78 is 7.89. The summed E-state index contributed by atoms with van der Waals surface area (Å²) in [6, 6.07) is 7.94. The molecule has 3 aliphatic heterocycles. The van der Waals surface area contributed by atoms with Gasteiger partial charge in [-0.05, 0) is 45.8 Å². The van der Waals surface area contributed by atoms with E-state index >= 15 is 0 Å². The number of rotatable bonds is 0. The van der Waals surface area contributed by atoms with Crippen molar-refractivity contribution >= 4 is 23.1 Å². The number of ether oxygens (including phenoxy) is 1. The van der Waals surface area contributed by atoms with Crippen LogP contribution in [0, 0.1) is 23.7 Å². The van der Waals surface area contributed by atoms with Crippen LogP contribution in [0.1, 0.15) is 56.2 Å². The van der Waals surface area contributed by atoms with Crippen LogP contribution in [0.3, 0.4) is 0 Å². The lowest BCUT2D eigenvalue weighted by molar-refractivity contribution is -0.517. The van der Waals surface area contributed by atoms with Crippen LogP contribution in [0.5, 0.6) is 5.88 Å². The smallest absolute Gasteiger partial charge is 0.276 e. The molecule has 0 saturated carbocycles. The maximum absolute atomic E-state index is 13.5. The number of hydrogen-bond acceptors (Lipinski definition) is 7. The predicted octanol–water partition coefficient (Wildman–Crippen LogP) is 3.79. The SMILES string of the molecule is Cc1ccc2c(c1)[C@@H](C)Oc1nc(cnc1N)C1=C(C#N)C(C)N=[N+]1CN1C(=O)C(C)(C)C=C21. The highest BCUT2D eigenvalue weighted by atomic mass is 16.5. The molecule has 0 spiro atoms. The third-order valence-corrected chi connectivity index (χ3v) is 6.44. The summed E-state index contributed by atoms with van der Waals surface area (Å²) in [4.78, 5) is 24.2. The van der Waals surface area contributed by atoms with E-state index in [4.69, 9.17) is 10.5 Å². The van der Waals surface area contributed by atoms with Crippen LogP contribution >= 0.6 is 0 Å². The number of fused-ring (bicyclic) bond motifs is 7. The van der Waals surface area contributed by atoms with Crippen molar-refractivity contribution in [1.82, 2.24) is 14.9 Å². The van der Waals surface area contributed by atoms with Crippen LogP contribution in [-0.4, -0.2) is 38.2 Å². The van der Waals surface area contributed by atoms with Gasteiger partial charge in [-0.3, -0.25) is 9.69 Å². The maximum Gasteiger partial charge on any atom is 0.276 e. The van der Waals surface area contributed by atoms with Crippen LogP contribution in [0.25, 0.3) is 11.4 Å². The van der Waals surface area contributed by atoms with E-state index in [0.29, 0.717) is 17.0 Å². The number of nitrogen functional groups attached to an aromatic ring is 1. The van der Waals surface area contributed by atoms with Crippen molar-refractivity contribution in [1.29, 1.82) is 5.26 Å². The molecule has 0 saturated heterocycles. The van der Waals surface area contributed by atoms with E-state index < -0.39 is 11.5 Å². The van der Waals surface area contributed by atoms with E-state index in [2.05, 4.69) is 27.2 Å². The molecule has 1 aromatic heterocycles. The molecule has 1 aromatic carbocycles. The first-order valence-corrected chi connectivity index (χ1v) is 11.2. The predicted molar refractivity (Wildman–Crippen MR) is 125 cm³/mol. The fraction of sp³-hybridized carbons (Fsp3) is 0.360. The molecule has 3 aliphatic rings. The third kappa shape index (κ3) is 3.25. The zero-order chi connectivity index (χ0) is 24.4. The molecule has 5 rings (SSSR count). The number of aromatic nitrogens is 2. The number of nitriles is 1. The second-order valence-electron chi connectivity index (χ2n) is 9.49. The Morgan fingerprint density at radius 2 is 2.09 bits per heavy atom. The first-order valence-electron chi connectivity index (χ1n) is 11.2. The fourth-order valence-corrected chi connectivity index (χ4v) is 4.69. The van der Waals surface area contributed by atoms with Gasteiger partial charge in [-0.15, -0.1) is 0 Å². The molecule has 9 heteroatoms. The number of hydrogen-bond donors (Lipinski definition) is 1. The number of carbonyl (C=O) groups is 1. The molecule has 1 amide bonds. The Bertz CT molecular complexity index is 1380. The standard InChI is InChI=1S/C25H26N7O2/c1-13-6-7-16-17(8-13)15(3)34-23-22(27)28-11-19(29-23)21-18(10-26)14(2)30-32(21)12-31-20(16)9-25(4,5)24(31)33/h6-9,11,14-15H,12H2,1-5H3,(H2,27,28)/q+1/t14?,15-/m1/s1. The quantitative estimate of drug-likeness (QED) is 0.602. The Balaban J connectivity index is 1.80. The number of azo groups is 2. The van der Waals surface area contributed by atoms with Crippen molar-refractivity contribution < 1.29 is 14.2 Å². The van der Waals surface area contributed by atoms with Gasteiger partial charge in [-0.25, -0.2) is 9.97 Å². The highest BCUT2D eigenvalue weighted by Gasteiger charge is 2.46. The lowest BCUT2D eigenvalue weighted by Gasteiger charge is -2.25. The Hall–Kier alpha value is -4.06. The Labute approximate surface area is 197 Å². The van der Waals surface area contributed by atoms with E-state index in [0.717, 1.165) is 22.4 Å². The molecule has 172 valence electrons. The van der Waals surface area contributed by atoms with Crippen molar-refractivity contribution in [2.45, 2.75) is 46.8 Å². The molecule has 1 unspecified atom stereocenters. The second kappa shape index (κ2) is 7.48. The summed E-state index contributed by atoms with van der Waals surface area (Å²) in [7, 11) is 0. The largest absolute Gasteiger partial charge is 0.467 e. The van der Waals surface area contributed by atoms with E-state index in [1.807, 2.05) is 52.8 Å². The number of aryl methyl sites for hydroxylation is 1. The van der Waals surface area contributed by atoms with Gasteiger partial charge in [0.05, 0.1) is 17.3 Å². The van der Waals surface area contributed by atoms with E-state index in [1.165, 1.54) is 6.20 Å². The maximum atomic E-state index is 13.5. The summed E-state index contributed by atoms with van der Waals surface area (Å²) in [5.41, 5.74) is 10.4. The molecule has 9 nitrogen and oxygen atoms in total. The Kier molecular flexibility index (Phi) is 4.79. The normalized spacial score (nSPS) is 22.9. The minimum atomic E-state index is -0.698. The van der Waals surface area contributed by atoms with Crippen molar-refractivity contribution in [2.75, 3.05) is 12.4 Å². The summed E-state index contributed by atoms with van der Waals surface area (Å²) in [5, 5.41) is 14.5. The van der Waals surface area contributed by atoms with Gasteiger partial charge < -0.3 is 10.5 Å². The lowest BCUT2D eigenvalue weighted by Crippen LogP contribution is -2.37. The Morgan fingerprint density at radius 1 is 1.32 bits per heavy atom. The summed E-state index contributed by atoms with van der Waals surface area (Å²) in [6.07, 6.45) is 3.08. The van der Waals surface area contributed by atoms with Crippen LogP contribution in [0.4, 0.5) is 5.82 Å². The van der Waals surface area contributed by atoms with Gasteiger partial charge >= 0.3 is 0 Å². The minimum absolute atomic E-state index is 0.0451. The van der Waals surface area contributed by atoms with Gasteiger partial charge in [-0.2, -0.15) is 5.26 Å². The highest BCUT2D eigenvalue weighted by Crippen LogP contribution is 2.42. The van der Waals surface area contributed by atoms with Crippen LogP contribution in [0.15, 0.2) is 41.2 Å². The van der Waals surface area contributed by atoms with Gasteiger partial charge in [0.1, 0.15) is 17.7 Å². The zero-order valence-electron chi connectivity index (χ0n) is 19.8. The fourth-order valence-electron chi connectivity index (χ4n) is 4.69. The van der Waals surface area contributed by atoms with E-state index in [9.17, 15) is 10.1 Å². The van der Waals surface area contributed by atoms with Crippen molar-refractivity contribution in [3.8, 4) is 11.9 Å². The van der Waals surface area contributed by atoms with Crippen molar-refractivity contribution in [3.05, 3.63) is 58.4 Å². The zero-order valence-corrected chi connectivity index (χ0v) is 19.8. The van der Waals surface area contributed by atoms with Crippen LogP contribution in [-0.2, 0) is 4.79 Å².